The van der Waals surface area contributed by atoms with Gasteiger partial charge in [0, 0.05) is 39.1 Å². The Labute approximate surface area is 282 Å². The number of ether oxygens (including phenoxy) is 2. The van der Waals surface area contributed by atoms with Crippen LogP contribution in [0.3, 0.4) is 0 Å². The van der Waals surface area contributed by atoms with Crippen molar-refractivity contribution in [2.45, 2.75) is 76.3 Å². The van der Waals surface area contributed by atoms with Crippen molar-refractivity contribution in [3.05, 3.63) is 35.9 Å². The van der Waals surface area contributed by atoms with Crippen LogP contribution >= 0.6 is 11.8 Å². The van der Waals surface area contributed by atoms with Crippen molar-refractivity contribution in [1.29, 1.82) is 0 Å². The number of carboxylic acid groups (broad SMARTS) is 1. The Hall–Kier alpha value is -3.97. The Bertz CT molecular complexity index is 1230. The van der Waals surface area contributed by atoms with Gasteiger partial charge in [0.1, 0.15) is 43.5 Å². The Kier molecular flexibility index (Phi) is 17.7. The molecule has 17 nitrogen and oxygen atoms in total. The summed E-state index contributed by atoms with van der Waals surface area (Å²) in [5.41, 5.74) is 0.721. The fourth-order valence-electron chi connectivity index (χ4n) is 4.75. The van der Waals surface area contributed by atoms with E-state index in [1.165, 1.54) is 30.5 Å². The molecule has 268 valence electrons. The van der Waals surface area contributed by atoms with Crippen LogP contribution in [0.4, 0.5) is 4.79 Å². The molecule has 2 rings (SSSR count). The number of thioether (sulfide) groups is 1. The van der Waals surface area contributed by atoms with Gasteiger partial charge in [-0.1, -0.05) is 30.3 Å². The molecule has 1 aromatic carbocycles. The molecule has 0 saturated carbocycles. The number of benzene rings is 1. The molecule has 18 heteroatoms. The van der Waals surface area contributed by atoms with Crippen LogP contribution in [0.1, 0.15) is 38.7 Å². The number of nitrogens with one attached hydrogen (secondary N) is 4. The van der Waals surface area contributed by atoms with E-state index in [4.69, 9.17) is 14.6 Å². The first-order chi connectivity index (χ1) is 22.8. The molecule has 0 spiro atoms. The van der Waals surface area contributed by atoms with Crippen molar-refractivity contribution >= 4 is 47.5 Å². The molecule has 8 N–H and O–H groups in total. The number of aliphatic carboxylic acids is 1. The molecule has 1 aromatic rings. The van der Waals surface area contributed by atoms with Crippen LogP contribution in [0.5, 0.6) is 0 Å². The number of aliphatic hydroxyl groups is 3. The molecule has 0 bridgehead atoms. The Morgan fingerprint density at radius 3 is 2.35 bits per heavy atom. The van der Waals surface area contributed by atoms with Gasteiger partial charge in [0.05, 0.1) is 6.61 Å². The van der Waals surface area contributed by atoms with Crippen LogP contribution in [0.2, 0.25) is 0 Å². The average molecular weight is 700 g/mol. The average Bonchev–Trinajstić information content (AvgIpc) is 3.05. The summed E-state index contributed by atoms with van der Waals surface area (Å²) in [6, 6.07) is 6.50. The molecule has 1 fully saturated rings. The molecule has 1 aliphatic rings. The smallest absolute Gasteiger partial charge is 0.408 e. The van der Waals surface area contributed by atoms with E-state index in [0.717, 1.165) is 5.56 Å². The third-order valence-electron chi connectivity index (χ3n) is 7.13. The monoisotopic (exact) mass is 699 g/mol. The highest BCUT2D eigenvalue weighted by Gasteiger charge is 2.47. The number of aliphatic hydroxyl groups excluding tert-OH is 3. The lowest BCUT2D eigenvalue weighted by Crippen LogP contribution is -2.68. The highest BCUT2D eigenvalue weighted by molar-refractivity contribution is 7.99. The summed E-state index contributed by atoms with van der Waals surface area (Å²) in [4.78, 5) is 73.6. The summed E-state index contributed by atoms with van der Waals surface area (Å²) in [7, 11) is 0. The predicted molar refractivity (Wildman–Crippen MR) is 171 cm³/mol. The molecule has 6 atom stereocenters. The quantitative estimate of drug-likeness (QED) is 0.0751. The van der Waals surface area contributed by atoms with Gasteiger partial charge in [-0.25, -0.2) is 4.79 Å². The van der Waals surface area contributed by atoms with Gasteiger partial charge in [-0.2, -0.15) is 11.8 Å². The minimum atomic E-state index is -1.48. The lowest BCUT2D eigenvalue weighted by Gasteiger charge is -2.46. The Morgan fingerprint density at radius 1 is 1.02 bits per heavy atom. The molecule has 0 aromatic heterocycles. The fourth-order valence-corrected chi connectivity index (χ4v) is 5.53. The molecule has 0 aliphatic carbocycles. The van der Waals surface area contributed by atoms with Crippen LogP contribution in [0.15, 0.2) is 30.3 Å². The summed E-state index contributed by atoms with van der Waals surface area (Å²) in [5.74, 6) is -2.29. The first kappa shape index (κ1) is 40.2. The number of alkyl carbamates (subject to hydrolysis) is 1. The van der Waals surface area contributed by atoms with Gasteiger partial charge in [0.15, 0.2) is 6.23 Å². The summed E-state index contributed by atoms with van der Waals surface area (Å²) in [6.07, 6.45) is -5.92. The second-order valence-electron chi connectivity index (χ2n) is 10.9. The molecular weight excluding hydrogens is 654 g/mol. The van der Waals surface area contributed by atoms with Crippen molar-refractivity contribution < 1.29 is 58.7 Å². The maximum atomic E-state index is 12.5. The van der Waals surface area contributed by atoms with Crippen molar-refractivity contribution in [3.8, 4) is 0 Å². The lowest BCUT2D eigenvalue weighted by molar-refractivity contribution is -0.230. The van der Waals surface area contributed by atoms with Crippen LogP contribution in [0, 0.1) is 0 Å². The van der Waals surface area contributed by atoms with Crippen molar-refractivity contribution in [3.63, 3.8) is 0 Å². The van der Waals surface area contributed by atoms with E-state index in [1.807, 2.05) is 0 Å². The van der Waals surface area contributed by atoms with E-state index in [9.17, 15) is 44.1 Å². The molecular formula is C30H45N5O12S. The zero-order valence-electron chi connectivity index (χ0n) is 26.8. The van der Waals surface area contributed by atoms with Gasteiger partial charge >= 0.3 is 12.1 Å². The molecule has 1 aliphatic heterocycles. The normalized spacial score (nSPS) is 20.9. The lowest BCUT2D eigenvalue weighted by atomic mass is 9.95. The van der Waals surface area contributed by atoms with E-state index in [0.29, 0.717) is 17.9 Å². The summed E-state index contributed by atoms with van der Waals surface area (Å²) >= 11 is 1.48. The van der Waals surface area contributed by atoms with Crippen LogP contribution in [-0.4, -0.2) is 135 Å². The third-order valence-corrected chi connectivity index (χ3v) is 8.20. The molecule has 48 heavy (non-hydrogen) atoms. The Morgan fingerprint density at radius 2 is 1.73 bits per heavy atom. The molecule has 0 unspecified atom stereocenters. The largest absolute Gasteiger partial charge is 0.480 e. The van der Waals surface area contributed by atoms with E-state index < -0.39 is 85.5 Å². The number of carboxylic acids is 1. The highest BCUT2D eigenvalue weighted by Crippen LogP contribution is 2.24. The SMILES string of the molecule is CC(=O)N[C@@H]1[C@@H](O)[C@H](O)[C@@H](CO)O[C@H]1N(CCCSCCNC(=O)CC[C@H](NC(=O)OCc1ccccc1)C(=O)NCC(=O)O)C(C)=O. The van der Waals surface area contributed by atoms with Crippen molar-refractivity contribution in [1.82, 2.24) is 26.2 Å². The number of carbonyl (C=O) groups excluding carboxylic acids is 5. The van der Waals surface area contributed by atoms with Crippen LogP contribution in [-0.2, 0) is 40.1 Å². The van der Waals surface area contributed by atoms with E-state index in [2.05, 4.69) is 21.3 Å². The van der Waals surface area contributed by atoms with Gasteiger partial charge in [-0.15, -0.1) is 0 Å². The van der Waals surface area contributed by atoms with E-state index in [1.54, 1.807) is 30.3 Å². The third kappa shape index (κ3) is 14.0. The second kappa shape index (κ2) is 21.1. The summed E-state index contributed by atoms with van der Waals surface area (Å²) in [6.45, 7) is 1.66. The summed E-state index contributed by atoms with van der Waals surface area (Å²) < 4.78 is 10.8. The molecule has 1 heterocycles. The second-order valence-corrected chi connectivity index (χ2v) is 12.1. The first-order valence-corrected chi connectivity index (χ1v) is 16.5. The van der Waals surface area contributed by atoms with Gasteiger partial charge in [0.25, 0.3) is 0 Å². The van der Waals surface area contributed by atoms with E-state index in [-0.39, 0.29) is 32.5 Å². The van der Waals surface area contributed by atoms with Crippen LogP contribution in [0.25, 0.3) is 0 Å². The van der Waals surface area contributed by atoms with Gasteiger partial charge in [0.2, 0.25) is 23.6 Å². The number of rotatable bonds is 19. The minimum absolute atomic E-state index is 0.0511. The molecule has 1 saturated heterocycles. The van der Waals surface area contributed by atoms with Gasteiger partial charge < -0.3 is 56.1 Å². The first-order valence-electron chi connectivity index (χ1n) is 15.3. The van der Waals surface area contributed by atoms with Crippen LogP contribution < -0.4 is 21.3 Å². The summed E-state index contributed by atoms with van der Waals surface area (Å²) in [5, 5.41) is 49.0. The Balaban J connectivity index is 1.78. The van der Waals surface area contributed by atoms with Gasteiger partial charge in [-0.3, -0.25) is 24.0 Å². The zero-order chi connectivity index (χ0) is 35.6. The number of carbonyl (C=O) groups is 6. The molecule has 5 amide bonds. The maximum Gasteiger partial charge on any atom is 0.408 e. The number of hydrogen-bond donors (Lipinski definition) is 8. The van der Waals surface area contributed by atoms with Crippen molar-refractivity contribution in [2.24, 2.45) is 0 Å². The fraction of sp³-hybridized carbons (Fsp3) is 0.600. The number of nitrogens with zero attached hydrogens (tertiary/aromatic N) is 1. The number of amides is 5. The molecule has 0 radical (unpaired) electrons. The minimum Gasteiger partial charge on any atom is -0.480 e. The number of hydrogen-bond acceptors (Lipinski definition) is 12. The predicted octanol–water partition coefficient (Wildman–Crippen LogP) is -1.71. The highest BCUT2D eigenvalue weighted by atomic mass is 32.2. The van der Waals surface area contributed by atoms with E-state index >= 15 is 0 Å². The zero-order valence-corrected chi connectivity index (χ0v) is 27.6. The standard InChI is InChI=1S/C30H45N5O12S/c1-18(37)33-25-27(43)26(42)22(16-36)47-29(25)35(19(2)38)12-6-13-48-14-11-31-23(39)10-9-21(28(44)32-15-24(40)41)34-30(45)46-17-20-7-4-3-5-8-20/h3-5,7-8,21-22,25-27,29,36,42-43H,6,9-17H2,1-2H3,(H,31,39)(H,32,44)(H,33,37)(H,34,45)(H,40,41)/t21-,22+,25+,26+,27+,29+/m0/s1. The van der Waals surface area contributed by atoms with Gasteiger partial charge in [-0.05, 0) is 24.2 Å². The maximum absolute atomic E-state index is 12.5. The van der Waals surface area contributed by atoms with Crippen molar-refractivity contribution in [2.75, 3.05) is 37.7 Å². The topological polar surface area (TPSA) is 253 Å².